The largest absolute Gasteiger partial charge is 0.481 e. The van der Waals surface area contributed by atoms with Gasteiger partial charge in [0.25, 0.3) is 0 Å². The lowest BCUT2D eigenvalue weighted by molar-refractivity contribution is -0.137. The minimum absolute atomic E-state index is 0.338. The minimum atomic E-state index is -3.94. The minimum Gasteiger partial charge on any atom is -0.481 e. The molecule has 0 amide bonds. The van der Waals surface area contributed by atoms with Crippen LogP contribution in [-0.4, -0.2) is 30.5 Å². The Labute approximate surface area is 97.5 Å². The summed E-state index contributed by atoms with van der Waals surface area (Å²) >= 11 is 0. The highest BCUT2D eigenvalue weighted by Crippen LogP contribution is 2.09. The molecule has 2 N–H and O–H groups in total. The first kappa shape index (κ1) is 13.5. The van der Waals surface area contributed by atoms with Gasteiger partial charge in [0.2, 0.25) is 10.0 Å². The van der Waals surface area contributed by atoms with Gasteiger partial charge in [-0.3, -0.25) is 9.78 Å². The van der Waals surface area contributed by atoms with Gasteiger partial charge in [0.1, 0.15) is 10.7 Å². The first-order valence-electron chi connectivity index (χ1n) is 4.66. The fourth-order valence-corrected chi connectivity index (χ4v) is 2.39. The molecule has 1 rings (SSSR count). The molecule has 0 radical (unpaired) electrons. The highest BCUT2D eigenvalue weighted by molar-refractivity contribution is 7.89. The van der Waals surface area contributed by atoms with Crippen LogP contribution in [0.25, 0.3) is 0 Å². The predicted octanol–water partition coefficient (Wildman–Crippen LogP) is 0.362. The van der Waals surface area contributed by atoms with E-state index in [1.54, 1.807) is 0 Å². The number of sulfonamides is 1. The third kappa shape index (κ3) is 4.08. The molecule has 0 spiro atoms. The molecule has 17 heavy (non-hydrogen) atoms. The Morgan fingerprint density at radius 2 is 2.24 bits per heavy atom. The van der Waals surface area contributed by atoms with Gasteiger partial charge in [0.15, 0.2) is 0 Å². The van der Waals surface area contributed by atoms with E-state index in [9.17, 15) is 17.6 Å². The molecule has 8 heteroatoms. The van der Waals surface area contributed by atoms with E-state index in [0.717, 1.165) is 18.5 Å². The van der Waals surface area contributed by atoms with Gasteiger partial charge in [-0.15, -0.1) is 0 Å². The molecule has 0 saturated heterocycles. The van der Waals surface area contributed by atoms with Gasteiger partial charge in [-0.05, 0) is 13.0 Å². The number of nitrogens with zero attached hydrogens (tertiary/aromatic N) is 1. The topological polar surface area (TPSA) is 96.4 Å². The van der Waals surface area contributed by atoms with Crippen molar-refractivity contribution in [3.63, 3.8) is 0 Å². The summed E-state index contributed by atoms with van der Waals surface area (Å²) in [6.07, 6.45) is 1.50. The van der Waals surface area contributed by atoms with Crippen molar-refractivity contribution in [2.45, 2.75) is 24.3 Å². The van der Waals surface area contributed by atoms with Crippen LogP contribution in [0, 0.1) is 5.82 Å². The number of pyridine rings is 1. The number of carboxylic acids is 1. The maximum absolute atomic E-state index is 12.8. The number of rotatable bonds is 5. The van der Waals surface area contributed by atoms with Crippen molar-refractivity contribution in [2.24, 2.45) is 0 Å². The van der Waals surface area contributed by atoms with Gasteiger partial charge >= 0.3 is 5.97 Å². The molecule has 1 atom stereocenters. The van der Waals surface area contributed by atoms with E-state index < -0.39 is 27.9 Å². The summed E-state index contributed by atoms with van der Waals surface area (Å²) in [7, 11) is -3.94. The van der Waals surface area contributed by atoms with Crippen molar-refractivity contribution < 1.29 is 22.7 Å². The molecule has 0 aliphatic heterocycles. The summed E-state index contributed by atoms with van der Waals surface area (Å²) in [6.45, 7) is 1.40. The molecule has 0 saturated carbocycles. The quantitative estimate of drug-likeness (QED) is 0.798. The maximum atomic E-state index is 12.8. The third-order valence-corrected chi connectivity index (χ3v) is 3.38. The van der Waals surface area contributed by atoms with Crippen LogP contribution in [0.2, 0.25) is 0 Å². The average Bonchev–Trinajstić information content (AvgIpc) is 2.15. The van der Waals surface area contributed by atoms with Crippen molar-refractivity contribution >= 4 is 16.0 Å². The van der Waals surface area contributed by atoms with Crippen molar-refractivity contribution in [2.75, 3.05) is 0 Å². The van der Waals surface area contributed by atoms with E-state index in [1.807, 2.05) is 0 Å². The molecule has 6 nitrogen and oxygen atoms in total. The van der Waals surface area contributed by atoms with Crippen LogP contribution in [0.1, 0.15) is 13.3 Å². The molecule has 1 unspecified atom stereocenters. The molecule has 0 fully saturated rings. The highest BCUT2D eigenvalue weighted by atomic mass is 32.2. The van der Waals surface area contributed by atoms with Gasteiger partial charge < -0.3 is 5.11 Å². The summed E-state index contributed by atoms with van der Waals surface area (Å²) in [5.74, 6) is -1.91. The van der Waals surface area contributed by atoms with Crippen LogP contribution in [0.3, 0.4) is 0 Å². The molecule has 1 aromatic heterocycles. The number of nitrogens with one attached hydrogen (secondary N) is 1. The Bertz CT molecular complexity index is 517. The zero-order valence-corrected chi connectivity index (χ0v) is 9.74. The normalized spacial score (nSPS) is 13.3. The van der Waals surface area contributed by atoms with Gasteiger partial charge in [-0.25, -0.2) is 17.5 Å². The molecule has 1 aromatic rings. The van der Waals surface area contributed by atoms with Crippen LogP contribution >= 0.6 is 0 Å². The van der Waals surface area contributed by atoms with E-state index in [0.29, 0.717) is 0 Å². The van der Waals surface area contributed by atoms with E-state index >= 15 is 0 Å². The zero-order valence-electron chi connectivity index (χ0n) is 8.92. The summed E-state index contributed by atoms with van der Waals surface area (Å²) in [6, 6.07) is 0.0174. The first-order valence-corrected chi connectivity index (χ1v) is 6.14. The number of halogens is 1. The Morgan fingerprint density at radius 1 is 1.59 bits per heavy atom. The van der Waals surface area contributed by atoms with E-state index in [2.05, 4.69) is 9.71 Å². The van der Waals surface area contributed by atoms with Gasteiger partial charge in [-0.2, -0.15) is 0 Å². The van der Waals surface area contributed by atoms with Gasteiger partial charge in [-0.1, -0.05) is 0 Å². The van der Waals surface area contributed by atoms with Crippen molar-refractivity contribution in [1.82, 2.24) is 9.71 Å². The second-order valence-corrected chi connectivity index (χ2v) is 5.17. The van der Waals surface area contributed by atoms with E-state index in [1.165, 1.54) is 6.92 Å². The van der Waals surface area contributed by atoms with Crippen molar-refractivity contribution in [3.05, 3.63) is 24.3 Å². The monoisotopic (exact) mass is 262 g/mol. The van der Waals surface area contributed by atoms with Gasteiger partial charge in [0.05, 0.1) is 12.6 Å². The van der Waals surface area contributed by atoms with E-state index in [4.69, 9.17) is 5.11 Å². The number of carboxylic acid groups (broad SMARTS) is 1. The number of carbonyl (C=O) groups is 1. The standard InChI is InChI=1S/C9H11FN2O4S/c1-6(2-9(13)14)12-17(15,16)8-3-7(10)4-11-5-8/h3-6,12H,2H2,1H3,(H,13,14). The van der Waals surface area contributed by atoms with Crippen LogP contribution in [0.5, 0.6) is 0 Å². The van der Waals surface area contributed by atoms with Gasteiger partial charge in [0, 0.05) is 12.2 Å². The fourth-order valence-electron chi connectivity index (χ4n) is 1.18. The van der Waals surface area contributed by atoms with Crippen LogP contribution < -0.4 is 4.72 Å². The van der Waals surface area contributed by atoms with Crippen molar-refractivity contribution in [1.29, 1.82) is 0 Å². The summed E-state index contributed by atoms with van der Waals surface area (Å²) < 4.78 is 38.2. The number of hydrogen-bond acceptors (Lipinski definition) is 4. The molecular formula is C9H11FN2O4S. The second-order valence-electron chi connectivity index (χ2n) is 3.46. The third-order valence-electron chi connectivity index (χ3n) is 1.83. The average molecular weight is 262 g/mol. The summed E-state index contributed by atoms with van der Waals surface area (Å²) in [5, 5.41) is 8.49. The molecule has 0 aliphatic carbocycles. The lowest BCUT2D eigenvalue weighted by atomic mass is 10.3. The Kier molecular flexibility index (Phi) is 4.13. The van der Waals surface area contributed by atoms with Crippen molar-refractivity contribution in [3.8, 4) is 0 Å². The first-order chi connectivity index (χ1) is 7.81. The van der Waals surface area contributed by atoms with Crippen LogP contribution in [-0.2, 0) is 14.8 Å². The molecular weight excluding hydrogens is 251 g/mol. The number of hydrogen-bond donors (Lipinski definition) is 2. The highest BCUT2D eigenvalue weighted by Gasteiger charge is 2.19. The smallest absolute Gasteiger partial charge is 0.304 e. The van der Waals surface area contributed by atoms with Crippen LogP contribution in [0.15, 0.2) is 23.4 Å². The number of aliphatic carboxylic acids is 1. The molecule has 1 heterocycles. The Balaban J connectivity index is 2.86. The molecule has 94 valence electrons. The predicted molar refractivity (Wildman–Crippen MR) is 56.2 cm³/mol. The Hall–Kier alpha value is -1.54. The molecule has 0 aliphatic rings. The van der Waals surface area contributed by atoms with E-state index in [-0.39, 0.29) is 11.3 Å². The second kappa shape index (κ2) is 5.19. The Morgan fingerprint density at radius 3 is 2.76 bits per heavy atom. The molecule has 0 aromatic carbocycles. The summed E-state index contributed by atoms with van der Waals surface area (Å²) in [5.41, 5.74) is 0. The molecule has 0 bridgehead atoms. The fraction of sp³-hybridized carbons (Fsp3) is 0.333. The lowest BCUT2D eigenvalue weighted by Gasteiger charge is -2.11. The van der Waals surface area contributed by atoms with Crippen LogP contribution in [0.4, 0.5) is 4.39 Å². The summed E-state index contributed by atoms with van der Waals surface area (Å²) in [4.78, 5) is 13.4. The number of aromatic nitrogens is 1. The zero-order chi connectivity index (χ0) is 13.1. The maximum Gasteiger partial charge on any atom is 0.304 e. The lowest BCUT2D eigenvalue weighted by Crippen LogP contribution is -2.34. The SMILES string of the molecule is CC(CC(=O)O)NS(=O)(=O)c1cncc(F)c1.